The molecule has 0 heterocycles. The Morgan fingerprint density at radius 1 is 0.696 bits per heavy atom. The highest BCUT2D eigenvalue weighted by Gasteiger charge is 2.32. The first-order chi connectivity index (χ1) is 10.8. The van der Waals surface area contributed by atoms with Crippen LogP contribution in [0.2, 0.25) is 6.55 Å². The van der Waals surface area contributed by atoms with Gasteiger partial charge in [-0.25, -0.2) is 22.0 Å². The average molecular weight is 348 g/mol. The Morgan fingerprint density at radius 2 is 1.09 bits per heavy atom. The van der Waals surface area contributed by atoms with Crippen molar-refractivity contribution >= 4 is 13.7 Å². The van der Waals surface area contributed by atoms with Crippen LogP contribution in [0.15, 0.2) is 24.3 Å². The lowest BCUT2D eigenvalue weighted by Crippen LogP contribution is -2.49. The molecule has 0 aliphatic heterocycles. The van der Waals surface area contributed by atoms with Crippen molar-refractivity contribution in [2.24, 2.45) is 0 Å². The smallest absolute Gasteiger partial charge is 0.368 e. The molecule has 0 bridgehead atoms. The summed E-state index contributed by atoms with van der Waals surface area (Å²) < 4.78 is 77.8. The van der Waals surface area contributed by atoms with Crippen molar-refractivity contribution < 1.29 is 30.8 Å². The summed E-state index contributed by atoms with van der Waals surface area (Å²) in [7, 11) is 0.281. The molecule has 0 saturated heterocycles. The topological polar surface area (TPSA) is 18.5 Å². The van der Waals surface area contributed by atoms with E-state index < -0.39 is 43.2 Å². The fourth-order valence-electron chi connectivity index (χ4n) is 2.12. The van der Waals surface area contributed by atoms with Gasteiger partial charge in [-0.1, -0.05) is 24.3 Å². The Bertz CT molecular complexity index is 701. The molecule has 2 aromatic rings. The van der Waals surface area contributed by atoms with E-state index in [9.17, 15) is 22.0 Å². The van der Waals surface area contributed by atoms with Crippen molar-refractivity contribution in [1.29, 1.82) is 0 Å². The van der Waals surface area contributed by atoms with E-state index in [-0.39, 0.29) is 5.56 Å². The summed E-state index contributed by atoms with van der Waals surface area (Å²) in [6.07, 6.45) is 0. The number of halogens is 5. The first-order valence-electron chi connectivity index (χ1n) is 6.49. The highest BCUT2D eigenvalue weighted by atomic mass is 28.4. The predicted molar refractivity (Wildman–Crippen MR) is 76.9 cm³/mol. The van der Waals surface area contributed by atoms with Crippen LogP contribution in [-0.2, 0) is 8.85 Å². The molecule has 124 valence electrons. The highest BCUT2D eigenvalue weighted by molar-refractivity contribution is 6.79. The van der Waals surface area contributed by atoms with Crippen molar-refractivity contribution in [1.82, 2.24) is 0 Å². The molecule has 0 unspecified atom stereocenters. The van der Waals surface area contributed by atoms with Gasteiger partial charge in [-0.05, 0) is 17.3 Å². The molecular weight excluding hydrogens is 335 g/mol. The lowest BCUT2D eigenvalue weighted by Gasteiger charge is -2.23. The van der Waals surface area contributed by atoms with Crippen LogP contribution < -0.4 is 5.19 Å². The third-order valence-corrected chi connectivity index (χ3v) is 6.63. The van der Waals surface area contributed by atoms with E-state index in [1.54, 1.807) is 6.55 Å². The fourth-order valence-corrected chi connectivity index (χ4v) is 3.53. The first-order valence-corrected chi connectivity index (χ1v) is 8.81. The van der Waals surface area contributed by atoms with E-state index in [1.165, 1.54) is 38.5 Å². The predicted octanol–water partition coefficient (Wildman–Crippen LogP) is 3.62. The van der Waals surface area contributed by atoms with Gasteiger partial charge in [0.2, 0.25) is 5.82 Å². The van der Waals surface area contributed by atoms with Crippen LogP contribution in [0.1, 0.15) is 0 Å². The zero-order chi connectivity index (χ0) is 17.4. The van der Waals surface area contributed by atoms with Crippen LogP contribution in [-0.4, -0.2) is 22.8 Å². The lowest BCUT2D eigenvalue weighted by molar-refractivity contribution is 0.265. The van der Waals surface area contributed by atoms with Crippen molar-refractivity contribution in [2.45, 2.75) is 6.55 Å². The van der Waals surface area contributed by atoms with Crippen LogP contribution in [0.3, 0.4) is 0 Å². The Morgan fingerprint density at radius 3 is 1.48 bits per heavy atom. The van der Waals surface area contributed by atoms with Gasteiger partial charge in [0.15, 0.2) is 23.3 Å². The summed E-state index contributed by atoms with van der Waals surface area (Å²) in [6.45, 7) is 1.75. The van der Waals surface area contributed by atoms with Gasteiger partial charge in [-0.15, -0.1) is 0 Å². The van der Waals surface area contributed by atoms with Crippen molar-refractivity contribution in [3.8, 4) is 11.1 Å². The molecule has 0 fully saturated rings. The summed E-state index contributed by atoms with van der Waals surface area (Å²) in [6, 6.07) is 5.48. The molecule has 0 amide bonds. The minimum absolute atomic E-state index is 0.134. The monoisotopic (exact) mass is 348 g/mol. The lowest BCUT2D eigenvalue weighted by atomic mass is 10.0. The quantitative estimate of drug-likeness (QED) is 0.364. The van der Waals surface area contributed by atoms with Crippen LogP contribution in [0.4, 0.5) is 22.0 Å². The normalized spacial score (nSPS) is 11.8. The third kappa shape index (κ3) is 2.89. The maximum Gasteiger partial charge on any atom is 0.368 e. The van der Waals surface area contributed by atoms with Gasteiger partial charge < -0.3 is 8.85 Å². The van der Waals surface area contributed by atoms with Gasteiger partial charge in [-0.3, -0.25) is 0 Å². The first kappa shape index (κ1) is 17.6. The van der Waals surface area contributed by atoms with E-state index in [4.69, 9.17) is 8.85 Å². The molecule has 2 rings (SSSR count). The molecule has 0 spiro atoms. The summed E-state index contributed by atoms with van der Waals surface area (Å²) in [5.41, 5.74) is -1.10. The summed E-state index contributed by atoms with van der Waals surface area (Å²) in [5.74, 6) is -9.87. The minimum Gasteiger partial charge on any atom is -0.394 e. The number of benzene rings is 2. The van der Waals surface area contributed by atoms with Gasteiger partial charge in [0.25, 0.3) is 0 Å². The molecule has 0 radical (unpaired) electrons. The van der Waals surface area contributed by atoms with Crippen LogP contribution >= 0.6 is 0 Å². The maximum atomic E-state index is 13.8. The highest BCUT2D eigenvalue weighted by Crippen LogP contribution is 2.31. The van der Waals surface area contributed by atoms with Gasteiger partial charge >= 0.3 is 8.56 Å². The molecule has 0 aliphatic rings. The van der Waals surface area contributed by atoms with E-state index in [0.717, 1.165) is 0 Å². The molecule has 23 heavy (non-hydrogen) atoms. The van der Waals surface area contributed by atoms with Crippen molar-refractivity contribution in [3.63, 3.8) is 0 Å². The molecule has 2 aromatic carbocycles. The second-order valence-corrected chi connectivity index (χ2v) is 8.16. The van der Waals surface area contributed by atoms with Crippen LogP contribution in [0.25, 0.3) is 11.1 Å². The second kappa shape index (κ2) is 6.38. The molecule has 2 nitrogen and oxygen atoms in total. The SMILES string of the molecule is CO[Si](C)(OC)c1ccc(-c2c(F)c(F)c(F)c(F)c2F)cc1. The van der Waals surface area contributed by atoms with E-state index in [1.807, 2.05) is 0 Å². The van der Waals surface area contributed by atoms with Crippen molar-refractivity contribution in [2.75, 3.05) is 14.2 Å². The summed E-state index contributed by atoms with van der Waals surface area (Å²) >= 11 is 0. The molecule has 0 aliphatic carbocycles. The molecule has 8 heteroatoms. The Labute approximate surface area is 130 Å². The molecule has 0 atom stereocenters. The number of hydrogen-bond acceptors (Lipinski definition) is 2. The molecular formula is C15H13F5O2Si. The van der Waals surface area contributed by atoms with E-state index in [2.05, 4.69) is 0 Å². The summed E-state index contributed by atoms with van der Waals surface area (Å²) in [4.78, 5) is 0. The van der Waals surface area contributed by atoms with Gasteiger partial charge in [-0.2, -0.15) is 0 Å². The Balaban J connectivity index is 2.58. The second-order valence-electron chi connectivity index (χ2n) is 4.88. The van der Waals surface area contributed by atoms with Gasteiger partial charge in [0.05, 0.1) is 5.56 Å². The molecule has 0 saturated carbocycles. The zero-order valence-corrected chi connectivity index (χ0v) is 13.5. The standard InChI is InChI=1S/C15H13F5O2Si/c1-21-23(3,22-2)9-6-4-8(5-7-9)10-11(16)13(18)15(20)14(19)12(10)17/h4-7H,1-3H3. The fraction of sp³-hybridized carbons (Fsp3) is 0.200. The third-order valence-electron chi connectivity index (χ3n) is 3.69. The van der Waals surface area contributed by atoms with E-state index in [0.29, 0.717) is 5.19 Å². The average Bonchev–Trinajstić information content (AvgIpc) is 2.58. The minimum atomic E-state index is -2.65. The maximum absolute atomic E-state index is 13.8. The zero-order valence-electron chi connectivity index (χ0n) is 12.5. The van der Waals surface area contributed by atoms with Crippen LogP contribution in [0.5, 0.6) is 0 Å². The molecule has 0 N–H and O–H groups in total. The van der Waals surface area contributed by atoms with E-state index >= 15 is 0 Å². The summed E-state index contributed by atoms with van der Waals surface area (Å²) in [5, 5.41) is 0.648. The number of rotatable bonds is 4. The Kier molecular flexibility index (Phi) is 4.88. The molecule has 0 aromatic heterocycles. The largest absolute Gasteiger partial charge is 0.394 e. The van der Waals surface area contributed by atoms with Crippen LogP contribution in [0, 0.1) is 29.1 Å². The van der Waals surface area contributed by atoms with Crippen molar-refractivity contribution in [3.05, 3.63) is 53.4 Å². The van der Waals surface area contributed by atoms with Gasteiger partial charge in [0.1, 0.15) is 0 Å². The number of hydrogen-bond donors (Lipinski definition) is 0. The Hall–Kier alpha value is -1.77. The van der Waals surface area contributed by atoms with Gasteiger partial charge in [0, 0.05) is 14.2 Å².